The number of benzene rings is 2. The molecule has 3 aromatic rings. The first-order chi connectivity index (χ1) is 13.7. The molecule has 0 fully saturated rings. The highest BCUT2D eigenvalue weighted by Gasteiger charge is 2.13. The lowest BCUT2D eigenvalue weighted by molar-refractivity contribution is 0.0950. The van der Waals surface area contributed by atoms with Crippen molar-refractivity contribution in [3.05, 3.63) is 83.0 Å². The van der Waals surface area contributed by atoms with Crippen LogP contribution in [-0.4, -0.2) is 17.7 Å². The Hall–Kier alpha value is -3.54. The number of hydrogen-bond acceptors (Lipinski definition) is 5. The Kier molecular flexibility index (Phi) is 5.10. The van der Waals surface area contributed by atoms with Gasteiger partial charge in [0.15, 0.2) is 11.5 Å². The highest BCUT2D eigenvalue weighted by atomic mass is 16.7. The number of nitrogens with zero attached hydrogens (tertiary/aromatic N) is 1. The smallest absolute Gasteiger partial charge is 0.253 e. The number of ether oxygens (including phenoxy) is 2. The molecular weight excluding hydrogens is 354 g/mol. The third-order valence-electron chi connectivity index (χ3n) is 4.64. The first kappa shape index (κ1) is 17.9. The number of amides is 1. The second-order valence-corrected chi connectivity index (χ2v) is 6.58. The van der Waals surface area contributed by atoms with Crippen LogP contribution in [0.4, 0.5) is 5.82 Å². The zero-order chi connectivity index (χ0) is 19.3. The molecule has 2 aromatic carbocycles. The number of pyridine rings is 1. The van der Waals surface area contributed by atoms with Gasteiger partial charge in [0.25, 0.3) is 5.91 Å². The van der Waals surface area contributed by atoms with Crippen LogP contribution in [0.25, 0.3) is 0 Å². The Bertz CT molecular complexity index is 987. The highest BCUT2D eigenvalue weighted by molar-refractivity contribution is 5.94. The van der Waals surface area contributed by atoms with E-state index in [0.717, 1.165) is 28.2 Å². The van der Waals surface area contributed by atoms with Crippen molar-refractivity contribution in [2.45, 2.75) is 20.0 Å². The predicted octanol–water partition coefficient (Wildman–Crippen LogP) is 3.66. The van der Waals surface area contributed by atoms with E-state index in [2.05, 4.69) is 15.6 Å². The lowest BCUT2D eigenvalue weighted by Crippen LogP contribution is -2.23. The monoisotopic (exact) mass is 375 g/mol. The maximum absolute atomic E-state index is 12.3. The van der Waals surface area contributed by atoms with Crippen LogP contribution in [0.1, 0.15) is 27.0 Å². The normalized spacial score (nSPS) is 11.9. The average Bonchev–Trinajstić information content (AvgIpc) is 3.20. The van der Waals surface area contributed by atoms with E-state index in [1.54, 1.807) is 18.3 Å². The molecule has 1 aromatic heterocycles. The minimum Gasteiger partial charge on any atom is -0.454 e. The van der Waals surface area contributed by atoms with E-state index < -0.39 is 0 Å². The maximum atomic E-state index is 12.3. The van der Waals surface area contributed by atoms with E-state index in [0.29, 0.717) is 24.5 Å². The molecule has 0 radical (unpaired) electrons. The summed E-state index contributed by atoms with van der Waals surface area (Å²) in [7, 11) is 0. The van der Waals surface area contributed by atoms with Crippen LogP contribution in [0, 0.1) is 6.92 Å². The zero-order valence-electron chi connectivity index (χ0n) is 15.6. The molecule has 0 saturated carbocycles. The van der Waals surface area contributed by atoms with E-state index in [1.165, 1.54) is 0 Å². The van der Waals surface area contributed by atoms with Crippen LogP contribution in [0.2, 0.25) is 0 Å². The molecule has 2 N–H and O–H groups in total. The summed E-state index contributed by atoms with van der Waals surface area (Å²) in [6, 6.07) is 17.4. The number of aromatic nitrogens is 1. The molecule has 0 aliphatic carbocycles. The van der Waals surface area contributed by atoms with Crippen LogP contribution in [-0.2, 0) is 13.1 Å². The van der Waals surface area contributed by atoms with Gasteiger partial charge in [-0.1, -0.05) is 30.3 Å². The van der Waals surface area contributed by atoms with Gasteiger partial charge >= 0.3 is 0 Å². The standard InChI is InChI=1S/C22H21N3O3/c1-15-4-2-3-5-17(15)12-25-22(26)18-7-9-21(24-13-18)23-11-16-6-8-19-20(10-16)28-14-27-19/h2-10,13H,11-12,14H2,1H3,(H,23,24)(H,25,26). The van der Waals surface area contributed by atoms with E-state index in [9.17, 15) is 4.79 Å². The molecule has 0 unspecified atom stereocenters. The Morgan fingerprint density at radius 1 is 1.04 bits per heavy atom. The van der Waals surface area contributed by atoms with E-state index in [4.69, 9.17) is 9.47 Å². The summed E-state index contributed by atoms with van der Waals surface area (Å²) in [6.07, 6.45) is 1.58. The molecule has 0 saturated heterocycles. The number of carbonyl (C=O) groups is 1. The van der Waals surface area contributed by atoms with Gasteiger partial charge in [-0.3, -0.25) is 4.79 Å². The molecule has 6 heteroatoms. The summed E-state index contributed by atoms with van der Waals surface area (Å²) >= 11 is 0. The number of carbonyl (C=O) groups excluding carboxylic acids is 1. The molecule has 2 heterocycles. The van der Waals surface area contributed by atoms with Crippen molar-refractivity contribution in [1.29, 1.82) is 0 Å². The SMILES string of the molecule is Cc1ccccc1CNC(=O)c1ccc(NCc2ccc3c(c2)OCO3)nc1. The summed E-state index contributed by atoms with van der Waals surface area (Å²) in [6.45, 7) is 3.39. The van der Waals surface area contributed by atoms with Gasteiger partial charge in [0.1, 0.15) is 5.82 Å². The quantitative estimate of drug-likeness (QED) is 0.688. The third-order valence-corrected chi connectivity index (χ3v) is 4.64. The van der Waals surface area contributed by atoms with Gasteiger partial charge in [-0.2, -0.15) is 0 Å². The van der Waals surface area contributed by atoms with Crippen molar-refractivity contribution in [3.8, 4) is 11.5 Å². The first-order valence-electron chi connectivity index (χ1n) is 9.10. The summed E-state index contributed by atoms with van der Waals surface area (Å²) in [4.78, 5) is 16.7. The van der Waals surface area contributed by atoms with Crippen LogP contribution < -0.4 is 20.1 Å². The zero-order valence-corrected chi connectivity index (χ0v) is 15.6. The second-order valence-electron chi connectivity index (χ2n) is 6.58. The van der Waals surface area contributed by atoms with E-state index >= 15 is 0 Å². The lowest BCUT2D eigenvalue weighted by atomic mass is 10.1. The fourth-order valence-corrected chi connectivity index (χ4v) is 2.96. The van der Waals surface area contributed by atoms with Gasteiger partial charge in [-0.15, -0.1) is 0 Å². The Labute approximate surface area is 163 Å². The minimum atomic E-state index is -0.141. The van der Waals surface area contributed by atoms with Gasteiger partial charge < -0.3 is 20.1 Å². The molecule has 4 rings (SSSR count). The average molecular weight is 375 g/mol. The molecule has 142 valence electrons. The van der Waals surface area contributed by atoms with Gasteiger partial charge in [-0.25, -0.2) is 4.98 Å². The molecule has 1 aliphatic rings. The van der Waals surface area contributed by atoms with Gasteiger partial charge in [0.05, 0.1) is 5.56 Å². The number of hydrogen-bond donors (Lipinski definition) is 2. The molecule has 0 bridgehead atoms. The predicted molar refractivity (Wildman–Crippen MR) is 106 cm³/mol. The fourth-order valence-electron chi connectivity index (χ4n) is 2.96. The Morgan fingerprint density at radius 3 is 2.71 bits per heavy atom. The fraction of sp³-hybridized carbons (Fsp3) is 0.182. The number of aryl methyl sites for hydroxylation is 1. The van der Waals surface area contributed by atoms with Crippen molar-refractivity contribution in [3.63, 3.8) is 0 Å². The molecular formula is C22H21N3O3. The van der Waals surface area contributed by atoms with Gasteiger partial charge in [-0.05, 0) is 47.9 Å². The largest absolute Gasteiger partial charge is 0.454 e. The van der Waals surface area contributed by atoms with Crippen molar-refractivity contribution in [1.82, 2.24) is 10.3 Å². The van der Waals surface area contributed by atoms with Crippen LogP contribution in [0.15, 0.2) is 60.8 Å². The van der Waals surface area contributed by atoms with E-state index in [1.807, 2.05) is 49.4 Å². The molecule has 6 nitrogen and oxygen atoms in total. The number of fused-ring (bicyclic) bond motifs is 1. The maximum Gasteiger partial charge on any atom is 0.253 e. The highest BCUT2D eigenvalue weighted by Crippen LogP contribution is 2.32. The summed E-state index contributed by atoms with van der Waals surface area (Å²) in [5.74, 6) is 2.09. The van der Waals surface area contributed by atoms with Crippen molar-refractivity contribution in [2.75, 3.05) is 12.1 Å². The van der Waals surface area contributed by atoms with Gasteiger partial charge in [0, 0.05) is 19.3 Å². The van der Waals surface area contributed by atoms with Crippen molar-refractivity contribution >= 4 is 11.7 Å². The van der Waals surface area contributed by atoms with Crippen LogP contribution >= 0.6 is 0 Å². The molecule has 1 amide bonds. The summed E-state index contributed by atoms with van der Waals surface area (Å²) < 4.78 is 10.7. The minimum absolute atomic E-state index is 0.141. The second kappa shape index (κ2) is 8.00. The van der Waals surface area contributed by atoms with Crippen molar-refractivity contribution < 1.29 is 14.3 Å². The topological polar surface area (TPSA) is 72.5 Å². The molecule has 0 atom stereocenters. The van der Waals surface area contributed by atoms with E-state index in [-0.39, 0.29) is 12.7 Å². The Balaban J connectivity index is 1.32. The molecule has 1 aliphatic heterocycles. The number of anilines is 1. The number of rotatable bonds is 6. The van der Waals surface area contributed by atoms with Crippen LogP contribution in [0.3, 0.4) is 0 Å². The Morgan fingerprint density at radius 2 is 1.89 bits per heavy atom. The summed E-state index contributed by atoms with van der Waals surface area (Å²) in [5.41, 5.74) is 3.85. The first-order valence-corrected chi connectivity index (χ1v) is 9.10. The summed E-state index contributed by atoms with van der Waals surface area (Å²) in [5, 5.41) is 6.18. The van der Waals surface area contributed by atoms with Gasteiger partial charge in [0.2, 0.25) is 6.79 Å². The van der Waals surface area contributed by atoms with Crippen molar-refractivity contribution in [2.24, 2.45) is 0 Å². The number of nitrogens with one attached hydrogen (secondary N) is 2. The lowest BCUT2D eigenvalue weighted by Gasteiger charge is -2.09. The third kappa shape index (κ3) is 4.06. The molecule has 0 spiro atoms. The molecule has 28 heavy (non-hydrogen) atoms. The van der Waals surface area contributed by atoms with Crippen LogP contribution in [0.5, 0.6) is 11.5 Å².